The molecule has 2 saturated heterocycles. The van der Waals surface area contributed by atoms with Crippen molar-refractivity contribution in [1.29, 1.82) is 0 Å². The van der Waals surface area contributed by atoms with Crippen molar-refractivity contribution in [2.75, 3.05) is 10.2 Å². The maximum Gasteiger partial charge on any atom is 0.250 e. The van der Waals surface area contributed by atoms with Crippen molar-refractivity contribution in [2.24, 2.45) is 11.8 Å². The second-order valence-corrected chi connectivity index (χ2v) is 10.4. The average Bonchev–Trinajstić information content (AvgIpc) is 3.61. The number of carbonyl (C=O) groups excluding carboxylic acids is 3. The molecule has 2 fully saturated rings. The number of aromatic amines is 1. The van der Waals surface area contributed by atoms with Crippen LogP contribution in [0.15, 0.2) is 72.9 Å². The number of H-pyrrole nitrogens is 1. The molecule has 3 amide bonds. The smallest absolute Gasteiger partial charge is 0.250 e. The molecule has 1 aromatic heterocycles. The lowest BCUT2D eigenvalue weighted by molar-refractivity contribution is -0.130. The molecule has 4 atom stereocenters. The number of hydrogen-bond donors (Lipinski definition) is 3. The van der Waals surface area contributed by atoms with Crippen LogP contribution >= 0.6 is 0 Å². The fourth-order valence-electron chi connectivity index (χ4n) is 6.66. The fraction of sp³-hybridized carbons (Fsp3) is 0.233. The van der Waals surface area contributed by atoms with E-state index in [4.69, 9.17) is 0 Å². The highest BCUT2D eigenvalue weighted by Crippen LogP contribution is 2.54. The van der Waals surface area contributed by atoms with Gasteiger partial charge in [-0.15, -0.1) is 0 Å². The highest BCUT2D eigenvalue weighted by atomic mass is 16.2. The predicted molar refractivity (Wildman–Crippen MR) is 141 cm³/mol. The lowest BCUT2D eigenvalue weighted by atomic mass is 9.75. The molecule has 184 valence electrons. The van der Waals surface area contributed by atoms with Gasteiger partial charge in [-0.1, -0.05) is 48.5 Å². The van der Waals surface area contributed by atoms with E-state index in [1.807, 2.05) is 74.6 Å². The topological polar surface area (TPSA) is 94.3 Å². The Bertz CT molecular complexity index is 1620. The van der Waals surface area contributed by atoms with E-state index in [1.165, 1.54) is 4.90 Å². The van der Waals surface area contributed by atoms with Gasteiger partial charge < -0.3 is 10.3 Å². The number of aryl methyl sites for hydroxylation is 1. The molecule has 7 nitrogen and oxygen atoms in total. The Morgan fingerprint density at radius 2 is 1.65 bits per heavy atom. The van der Waals surface area contributed by atoms with Crippen molar-refractivity contribution in [3.05, 3.63) is 95.2 Å². The minimum atomic E-state index is -1.31. The van der Waals surface area contributed by atoms with Crippen molar-refractivity contribution in [2.45, 2.75) is 31.8 Å². The molecule has 0 aliphatic carbocycles. The zero-order valence-electron chi connectivity index (χ0n) is 20.5. The molecule has 2 unspecified atom stereocenters. The Morgan fingerprint density at radius 3 is 2.46 bits per heavy atom. The summed E-state index contributed by atoms with van der Waals surface area (Å²) in [6.45, 7) is 3.97. The first-order valence-electron chi connectivity index (χ1n) is 12.6. The monoisotopic (exact) mass is 490 g/mol. The molecule has 0 bridgehead atoms. The van der Waals surface area contributed by atoms with E-state index in [0.717, 1.165) is 38.8 Å². The van der Waals surface area contributed by atoms with E-state index < -0.39 is 23.4 Å². The second-order valence-electron chi connectivity index (χ2n) is 10.4. The van der Waals surface area contributed by atoms with Crippen LogP contribution in [0.3, 0.4) is 0 Å². The summed E-state index contributed by atoms with van der Waals surface area (Å²) in [5.41, 5.74) is 4.78. The summed E-state index contributed by atoms with van der Waals surface area (Å²) >= 11 is 0. The van der Waals surface area contributed by atoms with Crippen LogP contribution in [0.2, 0.25) is 0 Å². The quantitative estimate of drug-likeness (QED) is 0.379. The fourth-order valence-corrected chi connectivity index (χ4v) is 6.66. The molecule has 0 saturated carbocycles. The highest BCUT2D eigenvalue weighted by molar-refractivity contribution is 6.26. The summed E-state index contributed by atoms with van der Waals surface area (Å²) in [4.78, 5) is 46.6. The maximum atomic E-state index is 14.1. The van der Waals surface area contributed by atoms with Gasteiger partial charge in [-0.3, -0.25) is 19.7 Å². The van der Waals surface area contributed by atoms with Crippen molar-refractivity contribution in [1.82, 2.24) is 10.3 Å². The largest absolute Gasteiger partial charge is 0.361 e. The van der Waals surface area contributed by atoms with Crippen LogP contribution in [0.1, 0.15) is 22.3 Å². The first-order valence-corrected chi connectivity index (χ1v) is 12.6. The lowest BCUT2D eigenvalue weighted by Gasteiger charge is -2.29. The van der Waals surface area contributed by atoms with Gasteiger partial charge in [0.1, 0.15) is 5.54 Å². The van der Waals surface area contributed by atoms with Crippen LogP contribution in [-0.4, -0.2) is 28.7 Å². The van der Waals surface area contributed by atoms with Gasteiger partial charge in [0.2, 0.25) is 17.7 Å². The summed E-state index contributed by atoms with van der Waals surface area (Å²) in [6, 6.07) is 20.5. The molecule has 0 radical (unpaired) electrons. The third-order valence-corrected chi connectivity index (χ3v) is 8.55. The molecule has 3 aliphatic rings. The molecule has 7 heteroatoms. The number of anilines is 2. The minimum absolute atomic E-state index is 0.263. The number of amides is 3. The Labute approximate surface area is 213 Å². The van der Waals surface area contributed by atoms with Crippen molar-refractivity contribution < 1.29 is 14.4 Å². The minimum Gasteiger partial charge on any atom is -0.361 e. The van der Waals surface area contributed by atoms with Gasteiger partial charge in [0, 0.05) is 34.4 Å². The number of fused-ring (bicyclic) bond motifs is 5. The zero-order valence-corrected chi connectivity index (χ0v) is 20.5. The van der Waals surface area contributed by atoms with Crippen LogP contribution in [0.4, 0.5) is 11.4 Å². The summed E-state index contributed by atoms with van der Waals surface area (Å²) in [6.07, 6.45) is 2.46. The third-order valence-electron chi connectivity index (χ3n) is 8.55. The van der Waals surface area contributed by atoms with Crippen LogP contribution < -0.4 is 15.5 Å². The first-order chi connectivity index (χ1) is 17.9. The van der Waals surface area contributed by atoms with E-state index in [9.17, 15) is 14.4 Å². The number of nitrogens with one attached hydrogen (secondary N) is 3. The lowest BCUT2D eigenvalue weighted by Crippen LogP contribution is -2.53. The van der Waals surface area contributed by atoms with Gasteiger partial charge in [0.05, 0.1) is 17.5 Å². The molecule has 7 rings (SSSR count). The van der Waals surface area contributed by atoms with Crippen molar-refractivity contribution in [3.8, 4) is 0 Å². The van der Waals surface area contributed by atoms with Gasteiger partial charge in [-0.05, 0) is 55.2 Å². The molecule has 3 aromatic carbocycles. The molecule has 3 aliphatic heterocycles. The van der Waals surface area contributed by atoms with Gasteiger partial charge in [0.15, 0.2) is 0 Å². The Kier molecular flexibility index (Phi) is 4.54. The number of rotatable bonds is 3. The molecule has 3 N–H and O–H groups in total. The summed E-state index contributed by atoms with van der Waals surface area (Å²) < 4.78 is 0. The SMILES string of the molecule is Cc1ccc2c(c1C)NC(=O)C21NC(Cc2c[nH]c3ccccc23)[C@H]2C(=O)N(c3ccccc3)C(=O)[C@H]21. The summed E-state index contributed by atoms with van der Waals surface area (Å²) in [5.74, 6) is -2.40. The number of carbonyl (C=O) groups is 3. The van der Waals surface area contributed by atoms with E-state index >= 15 is 0 Å². The molecule has 4 heterocycles. The van der Waals surface area contributed by atoms with E-state index in [0.29, 0.717) is 12.1 Å². The first kappa shape index (κ1) is 22.0. The molecule has 4 aromatic rings. The maximum absolute atomic E-state index is 14.1. The number of para-hydroxylation sites is 2. The third kappa shape index (κ3) is 2.83. The number of hydrogen-bond acceptors (Lipinski definition) is 4. The van der Waals surface area contributed by atoms with E-state index in [-0.39, 0.29) is 17.7 Å². The van der Waals surface area contributed by atoms with Crippen molar-refractivity contribution in [3.63, 3.8) is 0 Å². The second kappa shape index (κ2) is 7.63. The Morgan fingerprint density at radius 1 is 0.892 bits per heavy atom. The molecule has 37 heavy (non-hydrogen) atoms. The number of nitrogens with zero attached hydrogens (tertiary/aromatic N) is 1. The molecular weight excluding hydrogens is 464 g/mol. The number of benzene rings is 3. The van der Waals surface area contributed by atoms with E-state index in [2.05, 4.69) is 15.6 Å². The number of aromatic nitrogens is 1. The average molecular weight is 491 g/mol. The van der Waals surface area contributed by atoms with E-state index in [1.54, 1.807) is 12.1 Å². The Balaban J connectivity index is 1.40. The normalized spacial score (nSPS) is 26.3. The summed E-state index contributed by atoms with van der Waals surface area (Å²) in [7, 11) is 0. The van der Waals surface area contributed by atoms with Crippen LogP contribution in [0, 0.1) is 25.7 Å². The predicted octanol–water partition coefficient (Wildman–Crippen LogP) is 3.95. The van der Waals surface area contributed by atoms with Crippen LogP contribution in [-0.2, 0) is 26.3 Å². The van der Waals surface area contributed by atoms with Gasteiger partial charge in [0.25, 0.3) is 0 Å². The van der Waals surface area contributed by atoms with Crippen molar-refractivity contribution >= 4 is 40.0 Å². The van der Waals surface area contributed by atoms with Gasteiger partial charge in [-0.25, -0.2) is 4.90 Å². The van der Waals surface area contributed by atoms with Crippen LogP contribution in [0.5, 0.6) is 0 Å². The highest BCUT2D eigenvalue weighted by Gasteiger charge is 2.70. The van der Waals surface area contributed by atoms with Crippen LogP contribution in [0.25, 0.3) is 10.9 Å². The summed E-state index contributed by atoms with van der Waals surface area (Å²) in [5, 5.41) is 7.69. The zero-order chi connectivity index (χ0) is 25.5. The molecule has 1 spiro atoms. The number of imide groups is 1. The van der Waals surface area contributed by atoms with Gasteiger partial charge >= 0.3 is 0 Å². The standard InChI is InChI=1S/C30H26N4O3/c1-16-12-13-21-26(17(16)2)32-29(37)30(21)25-24(27(35)34(28(25)36)19-8-4-3-5-9-19)23(33-30)14-18-15-31-22-11-7-6-10-20(18)22/h3-13,15,23-25,31,33H,14H2,1-2H3,(H,32,37)/t23?,24-,25+,30?/m1/s1. The van der Waals surface area contributed by atoms with Gasteiger partial charge in [-0.2, -0.15) is 0 Å². The molecular formula is C30H26N4O3. The Hall–Kier alpha value is -4.23.